The Morgan fingerprint density at radius 3 is 1.56 bits per heavy atom. The second-order valence-electron chi connectivity index (χ2n) is 12.6. The molecule has 3 atom stereocenters. The van der Waals surface area contributed by atoms with Crippen LogP contribution in [0.1, 0.15) is 55.2 Å². The van der Waals surface area contributed by atoms with E-state index < -0.39 is 21.7 Å². The van der Waals surface area contributed by atoms with Crippen molar-refractivity contribution in [3.05, 3.63) is 45.3 Å². The van der Waals surface area contributed by atoms with E-state index in [1.54, 1.807) is 0 Å². The van der Waals surface area contributed by atoms with E-state index in [-0.39, 0.29) is 11.8 Å². The van der Waals surface area contributed by atoms with Gasteiger partial charge in [-0.3, -0.25) is 9.59 Å². The van der Waals surface area contributed by atoms with Crippen molar-refractivity contribution in [3.63, 3.8) is 0 Å². The number of carbonyl (C=O) groups is 2. The molecule has 0 saturated carbocycles. The van der Waals surface area contributed by atoms with E-state index >= 15 is 0 Å². The number of ketones is 2. The first-order valence-electron chi connectivity index (χ1n) is 12.3. The maximum atomic E-state index is 13.2. The third-order valence-corrected chi connectivity index (χ3v) is 12.2. The summed E-state index contributed by atoms with van der Waals surface area (Å²) in [7, 11) is -3.70. The van der Waals surface area contributed by atoms with Gasteiger partial charge >= 0.3 is 0 Å². The second kappa shape index (κ2) is 6.97. The van der Waals surface area contributed by atoms with Crippen molar-refractivity contribution in [2.24, 2.45) is 11.8 Å². The number of aliphatic hydroxyl groups is 1. The van der Waals surface area contributed by atoms with Gasteiger partial charge in [0.25, 0.3) is 0 Å². The van der Waals surface area contributed by atoms with Crippen molar-refractivity contribution in [1.29, 1.82) is 0 Å². The van der Waals surface area contributed by atoms with Crippen molar-refractivity contribution in [1.82, 2.24) is 0 Å². The monoisotopic (exact) mass is 464 g/mol. The van der Waals surface area contributed by atoms with Crippen LogP contribution < -0.4 is 0 Å². The van der Waals surface area contributed by atoms with E-state index in [4.69, 9.17) is 0 Å². The van der Waals surface area contributed by atoms with Crippen molar-refractivity contribution in [2.45, 2.75) is 83.4 Å². The number of carbonyl (C=O) groups excluding carboxylic acids is 2. The Labute approximate surface area is 194 Å². The van der Waals surface area contributed by atoms with Crippen LogP contribution in [0.4, 0.5) is 0 Å². The fourth-order valence-electron chi connectivity index (χ4n) is 7.23. The van der Waals surface area contributed by atoms with Crippen molar-refractivity contribution in [2.75, 3.05) is 0 Å². The zero-order valence-electron chi connectivity index (χ0n) is 20.4. The first-order chi connectivity index (χ1) is 14.8. The zero-order valence-corrected chi connectivity index (χ0v) is 22.4. The van der Waals surface area contributed by atoms with E-state index in [9.17, 15) is 14.7 Å². The molecule has 0 aromatic heterocycles. The number of benzene rings is 1. The Hall–Kier alpha value is -1.57. The molecule has 0 aliphatic heterocycles. The van der Waals surface area contributed by atoms with Gasteiger partial charge < -0.3 is 5.11 Å². The molecule has 0 fully saturated rings. The van der Waals surface area contributed by atoms with Gasteiger partial charge in [0.2, 0.25) is 0 Å². The molecule has 4 aliphatic rings. The smallest absolute Gasteiger partial charge is 0.155 e. The Morgan fingerprint density at radius 2 is 1.19 bits per heavy atom. The minimum absolute atomic E-state index is 0.259. The average molecular weight is 465 g/mol. The molecule has 1 N–H and O–H groups in total. The Bertz CT molecular complexity index is 1030. The second-order valence-corrected chi connectivity index (χ2v) is 22.6. The quantitative estimate of drug-likeness (QED) is 0.554. The highest BCUT2D eigenvalue weighted by atomic mass is 28.3. The third kappa shape index (κ3) is 3.15. The molecule has 32 heavy (non-hydrogen) atoms. The topological polar surface area (TPSA) is 54.4 Å². The molecule has 4 aliphatic carbocycles. The molecule has 0 saturated heterocycles. The van der Waals surface area contributed by atoms with Gasteiger partial charge in [0, 0.05) is 12.8 Å². The lowest BCUT2D eigenvalue weighted by molar-refractivity contribution is -0.116. The largest absolute Gasteiger partial charge is 0.385 e. The van der Waals surface area contributed by atoms with E-state index in [1.165, 1.54) is 11.1 Å². The van der Waals surface area contributed by atoms with E-state index in [0.29, 0.717) is 37.2 Å². The van der Waals surface area contributed by atoms with Gasteiger partial charge in [0.1, 0.15) is 0 Å². The summed E-state index contributed by atoms with van der Waals surface area (Å²) in [5.74, 6) is 1.16. The van der Waals surface area contributed by atoms with Crippen LogP contribution in [-0.4, -0.2) is 32.8 Å². The predicted molar refractivity (Wildman–Crippen MR) is 136 cm³/mol. The van der Waals surface area contributed by atoms with Gasteiger partial charge in [-0.25, -0.2) is 0 Å². The Kier molecular flexibility index (Phi) is 4.84. The SMILES string of the molecule is C[Si](C)(C)C1=C2c3cccc4c3C(O)(C[C@H]2CCC1=O)C[C@@H]1CCC(=O)C([Si](C)(C)C)=C41. The van der Waals surface area contributed by atoms with Crippen molar-refractivity contribution >= 4 is 38.9 Å². The van der Waals surface area contributed by atoms with Gasteiger partial charge in [-0.2, -0.15) is 0 Å². The summed E-state index contributed by atoms with van der Waals surface area (Å²) in [6.45, 7) is 13.6. The molecule has 0 bridgehead atoms. The zero-order chi connectivity index (χ0) is 23.2. The van der Waals surface area contributed by atoms with Crippen LogP contribution >= 0.6 is 0 Å². The lowest BCUT2D eigenvalue weighted by atomic mass is 9.58. The van der Waals surface area contributed by atoms with E-state index in [1.807, 2.05) is 0 Å². The molecule has 1 unspecified atom stereocenters. The van der Waals surface area contributed by atoms with Crippen molar-refractivity contribution in [3.8, 4) is 0 Å². The molecular formula is C27H36O3Si2. The number of hydrogen-bond acceptors (Lipinski definition) is 3. The molecule has 0 radical (unpaired) electrons. The summed E-state index contributed by atoms with van der Waals surface area (Å²) < 4.78 is 0. The summed E-state index contributed by atoms with van der Waals surface area (Å²) >= 11 is 0. The molecule has 3 nitrogen and oxygen atoms in total. The lowest BCUT2D eigenvalue weighted by Gasteiger charge is -2.50. The first-order valence-corrected chi connectivity index (χ1v) is 19.3. The molecule has 0 amide bonds. The molecule has 1 aromatic rings. The highest BCUT2D eigenvalue weighted by molar-refractivity contribution is 6.89. The Balaban J connectivity index is 1.87. The third-order valence-electron chi connectivity index (χ3n) is 8.13. The molecule has 1 aromatic carbocycles. The minimum Gasteiger partial charge on any atom is -0.385 e. The summed E-state index contributed by atoms with van der Waals surface area (Å²) in [4.78, 5) is 26.3. The van der Waals surface area contributed by atoms with E-state index in [2.05, 4.69) is 57.5 Å². The maximum Gasteiger partial charge on any atom is 0.155 e. The number of hydrogen-bond donors (Lipinski definition) is 1. The molecule has 0 heterocycles. The summed E-state index contributed by atoms with van der Waals surface area (Å²) in [5.41, 5.74) is 4.84. The first kappa shape index (κ1) is 22.2. The van der Waals surface area contributed by atoms with Crippen LogP contribution in [0.5, 0.6) is 0 Å². The molecule has 5 rings (SSSR count). The summed E-state index contributed by atoms with van der Waals surface area (Å²) in [5, 5.41) is 14.3. The highest BCUT2D eigenvalue weighted by Crippen LogP contribution is 2.59. The predicted octanol–water partition coefficient (Wildman–Crippen LogP) is 5.90. The van der Waals surface area contributed by atoms with Crippen LogP contribution in [0.2, 0.25) is 39.3 Å². The molecule has 170 valence electrons. The summed E-state index contributed by atoms with van der Waals surface area (Å²) in [6, 6.07) is 6.38. The fourth-order valence-corrected chi connectivity index (χ4v) is 11.4. The van der Waals surface area contributed by atoms with Gasteiger partial charge in [0.15, 0.2) is 11.6 Å². The normalized spacial score (nSPS) is 30.2. The molecular weight excluding hydrogens is 428 g/mol. The minimum atomic E-state index is -1.85. The van der Waals surface area contributed by atoms with E-state index in [0.717, 1.165) is 39.9 Å². The van der Waals surface area contributed by atoms with Crippen LogP contribution in [-0.2, 0) is 15.2 Å². The van der Waals surface area contributed by atoms with Crippen molar-refractivity contribution < 1.29 is 14.7 Å². The number of rotatable bonds is 2. The molecule has 0 spiro atoms. The summed E-state index contributed by atoms with van der Waals surface area (Å²) in [6.07, 6.45) is 4.35. The average Bonchev–Trinajstić information content (AvgIpc) is 2.67. The van der Waals surface area contributed by atoms with Gasteiger partial charge in [-0.05, 0) is 75.7 Å². The van der Waals surface area contributed by atoms with Gasteiger partial charge in [0.05, 0.1) is 21.7 Å². The Morgan fingerprint density at radius 1 is 0.781 bits per heavy atom. The standard InChI is InChI=1S/C27H36O3Si2/c1-31(2,3)25-20(28)12-10-16-14-27(30)15-17-11-13-21(29)26(32(4,5)6)23(17)19-9-7-8-18(22(16)25)24(19)27/h7-9,16-17,30H,10-15H2,1-6H3/t16-,17+,27?. The fraction of sp³-hybridized carbons (Fsp3) is 0.556. The van der Waals surface area contributed by atoms with Crippen LogP contribution in [0.15, 0.2) is 28.6 Å². The highest BCUT2D eigenvalue weighted by Gasteiger charge is 2.52. The molecule has 5 heteroatoms. The van der Waals surface area contributed by atoms with Gasteiger partial charge in [-0.15, -0.1) is 0 Å². The van der Waals surface area contributed by atoms with Gasteiger partial charge in [-0.1, -0.05) is 57.5 Å². The maximum absolute atomic E-state index is 13.2. The number of fused-ring (bicyclic) bond motifs is 4. The lowest BCUT2D eigenvalue weighted by Crippen LogP contribution is -2.46. The number of Topliss-reactive ketones (excluding diaryl/α,β-unsaturated/α-hetero) is 2. The van der Waals surface area contributed by atoms with Crippen LogP contribution in [0.25, 0.3) is 11.1 Å². The van der Waals surface area contributed by atoms with Crippen LogP contribution in [0.3, 0.4) is 0 Å². The van der Waals surface area contributed by atoms with Crippen LogP contribution in [0, 0.1) is 11.8 Å². The number of allylic oxidation sites excluding steroid dienone is 4.